The zero-order chi connectivity index (χ0) is 11.5. The molecule has 0 spiro atoms. The summed E-state index contributed by atoms with van der Waals surface area (Å²) < 4.78 is 5.03. The van der Waals surface area contributed by atoms with E-state index in [1.54, 1.807) is 21.0 Å². The van der Waals surface area contributed by atoms with E-state index in [4.69, 9.17) is 9.84 Å². The van der Waals surface area contributed by atoms with Crippen LogP contribution in [0.1, 0.15) is 19.4 Å². The summed E-state index contributed by atoms with van der Waals surface area (Å²) in [6.07, 6.45) is 0.520. The first-order valence-electron chi connectivity index (χ1n) is 4.82. The van der Waals surface area contributed by atoms with Crippen molar-refractivity contribution in [2.75, 3.05) is 7.11 Å². The Morgan fingerprint density at radius 3 is 2.19 bits per heavy atom. The first-order valence-corrected chi connectivity index (χ1v) is 4.82. The van der Waals surface area contributed by atoms with Crippen molar-refractivity contribution >= 4 is 57.4 Å². The summed E-state index contributed by atoms with van der Waals surface area (Å²) >= 11 is 0. The number of carbonyl (C=O) groups is 1. The van der Waals surface area contributed by atoms with Crippen LogP contribution in [-0.2, 0) is 11.2 Å². The molecular weight excluding hydrogens is 231 g/mol. The zero-order valence-electron chi connectivity index (χ0n) is 9.28. The molecule has 0 radical (unpaired) electrons. The van der Waals surface area contributed by atoms with Crippen LogP contribution in [-0.4, -0.2) is 69.6 Å². The number of hydrogen-bond donors (Lipinski definition) is 1. The molecule has 1 N–H and O–H groups in total. The molecule has 0 aliphatic heterocycles. The van der Waals surface area contributed by atoms with Gasteiger partial charge >= 0.3 is 57.4 Å². The van der Waals surface area contributed by atoms with Gasteiger partial charge in [0.25, 0.3) is 0 Å². The molecule has 16 heavy (non-hydrogen) atoms. The Morgan fingerprint density at radius 2 is 1.81 bits per heavy atom. The number of hydrogen-bond acceptors (Lipinski definition) is 2. The van der Waals surface area contributed by atoms with Crippen LogP contribution < -0.4 is 4.74 Å². The predicted octanol–water partition coefficient (Wildman–Crippen LogP) is 1.70. The third-order valence-corrected chi connectivity index (χ3v) is 2.38. The number of rotatable bonds is 4. The fraction of sp³-hybridized carbons (Fsp3) is 0.417. The van der Waals surface area contributed by atoms with E-state index in [0.29, 0.717) is 6.42 Å². The van der Waals surface area contributed by atoms with E-state index in [9.17, 15) is 4.79 Å². The SMILES string of the molecule is COc1ccc(CC(C)(C)C(=O)O)cc1.[KH]. The van der Waals surface area contributed by atoms with Crippen LogP contribution in [0.3, 0.4) is 0 Å². The third kappa shape index (κ3) is 4.55. The average molecular weight is 248 g/mol. The molecule has 4 heteroatoms. The van der Waals surface area contributed by atoms with Crippen molar-refractivity contribution in [2.45, 2.75) is 20.3 Å². The summed E-state index contributed by atoms with van der Waals surface area (Å²) in [6, 6.07) is 7.47. The van der Waals surface area contributed by atoms with E-state index in [0.717, 1.165) is 11.3 Å². The first-order chi connectivity index (χ1) is 6.95. The van der Waals surface area contributed by atoms with Crippen molar-refractivity contribution < 1.29 is 14.6 Å². The number of aliphatic carboxylic acids is 1. The number of methoxy groups -OCH3 is 1. The molecule has 84 valence electrons. The summed E-state index contributed by atoms with van der Waals surface area (Å²) in [5.41, 5.74) is 0.275. The summed E-state index contributed by atoms with van der Waals surface area (Å²) in [5, 5.41) is 8.98. The monoisotopic (exact) mass is 248 g/mol. The van der Waals surface area contributed by atoms with Gasteiger partial charge in [0.05, 0.1) is 12.5 Å². The second-order valence-corrected chi connectivity index (χ2v) is 4.21. The second kappa shape index (κ2) is 6.76. The van der Waals surface area contributed by atoms with Gasteiger partial charge in [-0.1, -0.05) is 12.1 Å². The van der Waals surface area contributed by atoms with Crippen molar-refractivity contribution in [3.63, 3.8) is 0 Å². The van der Waals surface area contributed by atoms with Crippen LogP contribution >= 0.6 is 0 Å². The maximum atomic E-state index is 10.9. The molecule has 0 saturated heterocycles. The molecule has 0 aliphatic rings. The van der Waals surface area contributed by atoms with E-state index in [-0.39, 0.29) is 51.4 Å². The van der Waals surface area contributed by atoms with Crippen molar-refractivity contribution in [2.24, 2.45) is 5.41 Å². The molecule has 3 nitrogen and oxygen atoms in total. The van der Waals surface area contributed by atoms with Gasteiger partial charge in [-0.05, 0) is 38.0 Å². The van der Waals surface area contributed by atoms with Gasteiger partial charge in [0.1, 0.15) is 5.75 Å². The minimum absolute atomic E-state index is 0. The molecule has 0 atom stereocenters. The molecule has 0 aromatic heterocycles. The molecule has 0 saturated carbocycles. The molecule has 1 aromatic rings. The Bertz CT molecular complexity index is 344. The van der Waals surface area contributed by atoms with Gasteiger partial charge in [-0.3, -0.25) is 4.79 Å². The standard InChI is InChI=1S/C12H16O3.K.H/c1-12(2,11(13)14)8-9-4-6-10(15-3)7-5-9;;/h4-7H,8H2,1-3H3,(H,13,14);;. The van der Waals surface area contributed by atoms with E-state index in [2.05, 4.69) is 0 Å². The summed E-state index contributed by atoms with van der Waals surface area (Å²) in [4.78, 5) is 10.9. The van der Waals surface area contributed by atoms with Crippen LogP contribution in [0.15, 0.2) is 24.3 Å². The zero-order valence-corrected chi connectivity index (χ0v) is 9.28. The molecule has 0 heterocycles. The Hall–Kier alpha value is 0.126. The summed E-state index contributed by atoms with van der Waals surface area (Å²) in [7, 11) is 1.61. The Balaban J connectivity index is 0.00000225. The van der Waals surface area contributed by atoms with Gasteiger partial charge in [0.2, 0.25) is 0 Å². The van der Waals surface area contributed by atoms with Gasteiger partial charge in [-0.2, -0.15) is 0 Å². The van der Waals surface area contributed by atoms with E-state index >= 15 is 0 Å². The molecule has 0 bridgehead atoms. The number of carboxylic acids is 1. The van der Waals surface area contributed by atoms with Gasteiger partial charge in [0, 0.05) is 0 Å². The normalized spacial score (nSPS) is 10.4. The molecule has 0 amide bonds. The van der Waals surface area contributed by atoms with Crippen molar-refractivity contribution in [3.8, 4) is 5.75 Å². The Kier molecular flexibility index (Phi) is 6.82. The van der Waals surface area contributed by atoms with E-state index in [1.165, 1.54) is 0 Å². The third-order valence-electron chi connectivity index (χ3n) is 2.38. The van der Waals surface area contributed by atoms with Gasteiger partial charge in [-0.25, -0.2) is 0 Å². The predicted molar refractivity (Wildman–Crippen MR) is 65.3 cm³/mol. The Labute approximate surface area is 139 Å². The van der Waals surface area contributed by atoms with Gasteiger partial charge in [-0.15, -0.1) is 0 Å². The van der Waals surface area contributed by atoms with Crippen molar-refractivity contribution in [3.05, 3.63) is 29.8 Å². The van der Waals surface area contributed by atoms with Crippen LogP contribution in [0.5, 0.6) is 5.75 Å². The fourth-order valence-electron chi connectivity index (χ4n) is 1.33. The topological polar surface area (TPSA) is 46.5 Å². The first kappa shape index (κ1) is 16.1. The van der Waals surface area contributed by atoms with Crippen LogP contribution in [0.2, 0.25) is 0 Å². The number of carboxylic acid groups (broad SMARTS) is 1. The quantitative estimate of drug-likeness (QED) is 0.825. The van der Waals surface area contributed by atoms with E-state index in [1.807, 2.05) is 24.3 Å². The molecule has 0 unspecified atom stereocenters. The Morgan fingerprint density at radius 1 is 1.31 bits per heavy atom. The van der Waals surface area contributed by atoms with Gasteiger partial charge < -0.3 is 9.84 Å². The summed E-state index contributed by atoms with van der Waals surface area (Å²) in [6.45, 7) is 3.44. The minimum atomic E-state index is -0.779. The van der Waals surface area contributed by atoms with Crippen LogP contribution in [0.25, 0.3) is 0 Å². The second-order valence-electron chi connectivity index (χ2n) is 4.21. The molecular formula is C12H17KO3. The number of benzene rings is 1. The molecule has 0 aliphatic carbocycles. The molecule has 1 aromatic carbocycles. The van der Waals surface area contributed by atoms with Crippen LogP contribution in [0.4, 0.5) is 0 Å². The molecule has 0 fully saturated rings. The fourth-order valence-corrected chi connectivity index (χ4v) is 1.33. The summed E-state index contributed by atoms with van der Waals surface area (Å²) in [5.74, 6) is 0.00481. The van der Waals surface area contributed by atoms with Crippen molar-refractivity contribution in [1.82, 2.24) is 0 Å². The number of ether oxygens (including phenoxy) is 1. The maximum absolute atomic E-state index is 10.9. The van der Waals surface area contributed by atoms with E-state index < -0.39 is 11.4 Å². The van der Waals surface area contributed by atoms with Crippen LogP contribution in [0, 0.1) is 5.41 Å². The van der Waals surface area contributed by atoms with Gasteiger partial charge in [0.15, 0.2) is 0 Å². The molecule has 1 rings (SSSR count). The van der Waals surface area contributed by atoms with Crippen molar-refractivity contribution in [1.29, 1.82) is 0 Å². The average Bonchev–Trinajstić information content (AvgIpc) is 2.18.